The van der Waals surface area contributed by atoms with Crippen molar-refractivity contribution in [1.82, 2.24) is 10.5 Å². The fourth-order valence-electron chi connectivity index (χ4n) is 3.07. The number of nitrogens with two attached hydrogens (primary N) is 1. The largest absolute Gasteiger partial charge is 0.363 e. The number of urea groups is 1. The van der Waals surface area contributed by atoms with Crippen molar-refractivity contribution >= 4 is 22.8 Å². The summed E-state index contributed by atoms with van der Waals surface area (Å²) in [7, 11) is 0. The summed E-state index contributed by atoms with van der Waals surface area (Å²) in [5.41, 5.74) is 8.86. The number of nitrogens with zero attached hydrogens (tertiary/aromatic N) is 2. The number of benzene rings is 2. The second-order valence-corrected chi connectivity index (χ2v) is 7.59. The van der Waals surface area contributed by atoms with Crippen LogP contribution in [0.25, 0.3) is 0 Å². The van der Waals surface area contributed by atoms with Crippen LogP contribution in [0, 0.1) is 11.6 Å². The van der Waals surface area contributed by atoms with Crippen LogP contribution in [0.3, 0.4) is 0 Å². The van der Waals surface area contributed by atoms with Crippen LogP contribution < -0.4 is 11.2 Å². The van der Waals surface area contributed by atoms with Crippen LogP contribution in [0.2, 0.25) is 0 Å². The number of carbonyl (C=O) groups is 1. The first-order valence-electron chi connectivity index (χ1n) is 9.22. The van der Waals surface area contributed by atoms with Crippen molar-refractivity contribution in [2.75, 3.05) is 13.2 Å². The van der Waals surface area contributed by atoms with Crippen LogP contribution in [-0.4, -0.2) is 29.2 Å². The Hall–Kier alpha value is -2.49. The number of hydrogen-bond donors (Lipinski definition) is 2. The summed E-state index contributed by atoms with van der Waals surface area (Å²) >= 11 is 1.19. The predicted octanol–water partition coefficient (Wildman–Crippen LogP) is 3.93. The predicted molar refractivity (Wildman–Crippen MR) is 109 cm³/mol. The summed E-state index contributed by atoms with van der Waals surface area (Å²) in [6.07, 6.45) is 1.05. The van der Waals surface area contributed by atoms with Crippen LogP contribution in [0.15, 0.2) is 53.6 Å². The quantitative estimate of drug-likeness (QED) is 0.665. The molecule has 1 atom stereocenters. The van der Waals surface area contributed by atoms with Gasteiger partial charge in [0.15, 0.2) is 0 Å². The number of hydrogen-bond acceptors (Lipinski definition) is 5. The van der Waals surface area contributed by atoms with Crippen LogP contribution in [0.4, 0.5) is 13.6 Å². The Morgan fingerprint density at radius 3 is 2.72 bits per heavy atom. The molecule has 2 aromatic rings. The van der Waals surface area contributed by atoms with Gasteiger partial charge in [-0.15, -0.1) is 0 Å². The van der Waals surface area contributed by atoms with Crippen molar-refractivity contribution in [1.29, 1.82) is 0 Å². The van der Waals surface area contributed by atoms with Crippen LogP contribution >= 0.6 is 11.8 Å². The first-order chi connectivity index (χ1) is 14.0. The van der Waals surface area contributed by atoms with E-state index in [1.165, 1.54) is 16.8 Å². The fourth-order valence-corrected chi connectivity index (χ4v) is 4.49. The number of hydroxylamine groups is 1. The molecule has 0 saturated carbocycles. The highest BCUT2D eigenvalue weighted by Crippen LogP contribution is 2.50. The topological polar surface area (TPSA) is 80.0 Å². The second kappa shape index (κ2) is 9.34. The number of hydrazone groups is 1. The molecule has 0 spiro atoms. The van der Waals surface area contributed by atoms with Gasteiger partial charge in [-0.25, -0.2) is 19.1 Å². The van der Waals surface area contributed by atoms with E-state index in [0.29, 0.717) is 19.4 Å². The molecule has 0 radical (unpaired) electrons. The monoisotopic (exact) mass is 420 g/mol. The zero-order valence-electron chi connectivity index (χ0n) is 15.9. The van der Waals surface area contributed by atoms with Gasteiger partial charge in [0.05, 0.1) is 6.61 Å². The minimum Gasteiger partial charge on any atom is -0.330 e. The van der Waals surface area contributed by atoms with Crippen molar-refractivity contribution in [2.24, 2.45) is 10.8 Å². The Labute approximate surface area is 172 Å². The Morgan fingerprint density at radius 1 is 1.28 bits per heavy atom. The molecule has 2 amide bonds. The SMILES string of the molecule is CCONC(=O)N1N=C(c2cc(F)ccc2F)SC1(CCCN)c1ccccc1. The normalized spacial score (nSPS) is 18.6. The van der Waals surface area contributed by atoms with Gasteiger partial charge in [0, 0.05) is 5.56 Å². The van der Waals surface area contributed by atoms with Gasteiger partial charge in [-0.05, 0) is 50.1 Å². The number of nitrogens with one attached hydrogen (secondary N) is 1. The second-order valence-electron chi connectivity index (χ2n) is 6.33. The number of halogens is 2. The summed E-state index contributed by atoms with van der Waals surface area (Å²) in [5.74, 6) is -1.21. The third-order valence-electron chi connectivity index (χ3n) is 4.40. The minimum atomic E-state index is -0.976. The summed E-state index contributed by atoms with van der Waals surface area (Å²) < 4.78 is 28.2. The third kappa shape index (κ3) is 4.42. The minimum absolute atomic E-state index is 0.00485. The number of amides is 2. The van der Waals surface area contributed by atoms with E-state index in [9.17, 15) is 13.6 Å². The van der Waals surface area contributed by atoms with E-state index in [-0.39, 0.29) is 17.2 Å². The summed E-state index contributed by atoms with van der Waals surface area (Å²) in [6.45, 7) is 2.40. The molecule has 0 fully saturated rings. The van der Waals surface area contributed by atoms with E-state index < -0.39 is 22.5 Å². The van der Waals surface area contributed by atoms with Gasteiger partial charge in [-0.3, -0.25) is 4.84 Å². The lowest BCUT2D eigenvalue weighted by atomic mass is 10.0. The fraction of sp³-hybridized carbons (Fsp3) is 0.300. The number of rotatable bonds is 7. The van der Waals surface area contributed by atoms with Crippen molar-refractivity contribution in [2.45, 2.75) is 24.6 Å². The Kier molecular flexibility index (Phi) is 6.83. The van der Waals surface area contributed by atoms with Gasteiger partial charge in [0.25, 0.3) is 0 Å². The molecule has 0 aliphatic carbocycles. The van der Waals surface area contributed by atoms with Crippen molar-refractivity contribution in [3.05, 3.63) is 71.3 Å². The number of thioether (sulfide) groups is 1. The molecule has 0 saturated heterocycles. The van der Waals surface area contributed by atoms with Gasteiger partial charge in [0.2, 0.25) is 0 Å². The maximum Gasteiger partial charge on any atom is 0.363 e. The molecule has 0 bridgehead atoms. The first-order valence-corrected chi connectivity index (χ1v) is 10.0. The van der Waals surface area contributed by atoms with Crippen LogP contribution in [0.5, 0.6) is 0 Å². The standard InChI is InChI=1S/C20H22F2N4O2S/c1-2-28-25-19(27)26-20(11-6-12-23,14-7-4-3-5-8-14)29-18(24-26)16-13-15(21)9-10-17(16)22/h3-5,7-10,13H,2,6,11-12,23H2,1H3,(H,25,27). The van der Waals surface area contributed by atoms with Gasteiger partial charge >= 0.3 is 6.03 Å². The molecule has 2 aromatic carbocycles. The van der Waals surface area contributed by atoms with Gasteiger partial charge in [0.1, 0.15) is 21.5 Å². The molecular weight excluding hydrogens is 398 g/mol. The molecule has 3 rings (SSSR count). The van der Waals surface area contributed by atoms with Crippen LogP contribution in [0.1, 0.15) is 30.9 Å². The summed E-state index contributed by atoms with van der Waals surface area (Å²) in [6, 6.07) is 11.8. The molecule has 1 heterocycles. The van der Waals surface area contributed by atoms with E-state index >= 15 is 0 Å². The molecule has 0 aromatic heterocycles. The Balaban J connectivity index is 2.10. The highest BCUT2D eigenvalue weighted by atomic mass is 32.2. The molecule has 6 nitrogen and oxygen atoms in total. The average molecular weight is 420 g/mol. The molecule has 154 valence electrons. The van der Waals surface area contributed by atoms with Crippen molar-refractivity contribution in [3.8, 4) is 0 Å². The van der Waals surface area contributed by atoms with Gasteiger partial charge < -0.3 is 5.73 Å². The molecule has 29 heavy (non-hydrogen) atoms. The van der Waals surface area contributed by atoms with E-state index in [4.69, 9.17) is 10.6 Å². The molecule has 3 N–H and O–H groups in total. The lowest BCUT2D eigenvalue weighted by Crippen LogP contribution is -2.46. The highest BCUT2D eigenvalue weighted by Gasteiger charge is 2.48. The lowest BCUT2D eigenvalue weighted by molar-refractivity contribution is 0.0465. The van der Waals surface area contributed by atoms with E-state index in [1.807, 2.05) is 30.3 Å². The molecule has 1 aliphatic heterocycles. The highest BCUT2D eigenvalue weighted by molar-refractivity contribution is 8.15. The Bertz CT molecular complexity index is 897. The average Bonchev–Trinajstić information content (AvgIpc) is 3.13. The van der Waals surface area contributed by atoms with Crippen molar-refractivity contribution < 1.29 is 18.4 Å². The molecular formula is C20H22F2N4O2S. The lowest BCUT2D eigenvalue weighted by Gasteiger charge is -2.35. The summed E-state index contributed by atoms with van der Waals surface area (Å²) in [5, 5.41) is 5.81. The van der Waals surface area contributed by atoms with Gasteiger partial charge in [-0.1, -0.05) is 42.1 Å². The van der Waals surface area contributed by atoms with Crippen molar-refractivity contribution in [3.63, 3.8) is 0 Å². The van der Waals surface area contributed by atoms with E-state index in [1.54, 1.807) is 6.92 Å². The molecule has 1 aliphatic rings. The van der Waals surface area contributed by atoms with E-state index in [0.717, 1.165) is 23.8 Å². The Morgan fingerprint density at radius 2 is 2.03 bits per heavy atom. The smallest absolute Gasteiger partial charge is 0.330 e. The van der Waals surface area contributed by atoms with Gasteiger partial charge in [-0.2, -0.15) is 10.1 Å². The maximum atomic E-state index is 14.4. The third-order valence-corrected chi connectivity index (χ3v) is 5.84. The molecule has 1 unspecified atom stereocenters. The number of carbonyl (C=O) groups excluding carboxylic acids is 1. The first kappa shape index (κ1) is 21.2. The van der Waals surface area contributed by atoms with Crippen LogP contribution in [-0.2, 0) is 9.71 Å². The summed E-state index contributed by atoms with van der Waals surface area (Å²) in [4.78, 5) is 16.9. The maximum absolute atomic E-state index is 14.4. The zero-order valence-corrected chi connectivity index (χ0v) is 16.7. The molecule has 9 heteroatoms. The van der Waals surface area contributed by atoms with E-state index in [2.05, 4.69) is 10.6 Å². The zero-order chi connectivity index (χ0) is 20.9.